The molecule has 0 aromatic heterocycles. The number of carbonyl (C=O) groups excluding carboxylic acids is 1. The van der Waals surface area contributed by atoms with Gasteiger partial charge in [0.15, 0.2) is 0 Å². The molecule has 0 radical (unpaired) electrons. The quantitative estimate of drug-likeness (QED) is 0.403. The van der Waals surface area contributed by atoms with E-state index in [1.165, 1.54) is 6.07 Å². The van der Waals surface area contributed by atoms with Crippen LogP contribution in [-0.2, 0) is 14.8 Å². The summed E-state index contributed by atoms with van der Waals surface area (Å²) >= 11 is 12.2. The predicted octanol–water partition coefficient (Wildman–Crippen LogP) is 3.86. The molecular formula is C28H28Cl2FN3O5S. The van der Waals surface area contributed by atoms with Crippen molar-refractivity contribution in [2.45, 2.75) is 24.2 Å². The molecule has 2 aliphatic heterocycles. The number of hydrogen-bond acceptors (Lipinski definition) is 6. The molecule has 2 N–H and O–H groups in total. The first-order valence-corrected chi connectivity index (χ1v) is 15.2. The minimum Gasteiger partial charge on any atom is -0.388 e. The lowest BCUT2D eigenvalue weighted by molar-refractivity contribution is 0.0886. The van der Waals surface area contributed by atoms with Crippen LogP contribution in [0, 0.1) is 5.82 Å². The molecule has 2 heterocycles. The number of sulfonamides is 1. The lowest BCUT2D eigenvalue weighted by Crippen LogP contribution is -2.61. The minimum absolute atomic E-state index is 0.0510. The normalized spacial score (nSPS) is 19.9. The van der Waals surface area contributed by atoms with E-state index in [0.717, 1.165) is 33.8 Å². The van der Waals surface area contributed by atoms with Crippen LogP contribution < -0.4 is 9.62 Å². The lowest BCUT2D eigenvalue weighted by atomic mass is 9.93. The molecule has 0 bridgehead atoms. The highest BCUT2D eigenvalue weighted by molar-refractivity contribution is 7.92. The van der Waals surface area contributed by atoms with Gasteiger partial charge in [0.1, 0.15) is 5.82 Å². The first-order valence-electron chi connectivity index (χ1n) is 12.6. The minimum atomic E-state index is -3.84. The van der Waals surface area contributed by atoms with Crippen LogP contribution in [0.1, 0.15) is 27.5 Å². The molecule has 2 fully saturated rings. The van der Waals surface area contributed by atoms with Gasteiger partial charge in [0.25, 0.3) is 5.91 Å². The average Bonchev–Trinajstić information content (AvgIpc) is 3.27. The summed E-state index contributed by atoms with van der Waals surface area (Å²) in [5.74, 6) is -1.39. The fourth-order valence-electron chi connectivity index (χ4n) is 5.19. The number of anilines is 1. The average molecular weight is 609 g/mol. The van der Waals surface area contributed by atoms with E-state index in [0.29, 0.717) is 23.1 Å². The van der Waals surface area contributed by atoms with Gasteiger partial charge in [0.2, 0.25) is 10.0 Å². The summed E-state index contributed by atoms with van der Waals surface area (Å²) in [5, 5.41) is 13.8. The Labute approximate surface area is 242 Å². The Bertz CT molecular complexity index is 1440. The number of rotatable bonds is 8. The van der Waals surface area contributed by atoms with E-state index in [9.17, 15) is 22.7 Å². The van der Waals surface area contributed by atoms with Crippen molar-refractivity contribution in [2.75, 3.05) is 36.9 Å². The third-order valence-electron chi connectivity index (χ3n) is 7.08. The number of benzene rings is 3. The van der Waals surface area contributed by atoms with Crippen LogP contribution >= 0.6 is 23.2 Å². The van der Waals surface area contributed by atoms with Crippen molar-refractivity contribution in [2.24, 2.45) is 0 Å². The summed E-state index contributed by atoms with van der Waals surface area (Å²) in [6, 6.07) is 17.1. The molecular weight excluding hydrogens is 580 g/mol. The molecule has 0 spiro atoms. The molecule has 2 unspecified atom stereocenters. The number of amides is 1. The second-order valence-electron chi connectivity index (χ2n) is 10.1. The molecule has 12 heteroatoms. The van der Waals surface area contributed by atoms with Crippen molar-refractivity contribution in [3.8, 4) is 0 Å². The number of hydrogen-bond donors (Lipinski definition) is 2. The molecule has 2 aliphatic rings. The zero-order valence-electron chi connectivity index (χ0n) is 21.5. The molecule has 5 rings (SSSR count). The summed E-state index contributed by atoms with van der Waals surface area (Å²) in [5.41, 5.74) is 1.94. The first-order chi connectivity index (χ1) is 19.0. The summed E-state index contributed by atoms with van der Waals surface area (Å²) < 4.78 is 47.0. The van der Waals surface area contributed by atoms with Crippen molar-refractivity contribution in [3.05, 3.63) is 99.3 Å². The van der Waals surface area contributed by atoms with E-state index in [1.807, 2.05) is 24.3 Å². The predicted molar refractivity (Wildman–Crippen MR) is 152 cm³/mol. The van der Waals surface area contributed by atoms with Gasteiger partial charge in [-0.3, -0.25) is 14.0 Å². The number of carbonyl (C=O) groups is 1. The van der Waals surface area contributed by atoms with Gasteiger partial charge in [0.05, 0.1) is 49.4 Å². The van der Waals surface area contributed by atoms with Gasteiger partial charge in [-0.1, -0.05) is 47.5 Å². The van der Waals surface area contributed by atoms with Gasteiger partial charge in [-0.05, 0) is 53.6 Å². The zero-order chi connectivity index (χ0) is 28.6. The Kier molecular flexibility index (Phi) is 8.37. The van der Waals surface area contributed by atoms with Gasteiger partial charge in [-0.25, -0.2) is 12.8 Å². The number of nitrogens with zero attached hydrogens (tertiary/aromatic N) is 2. The number of aliphatic hydroxyl groups is 1. The highest BCUT2D eigenvalue weighted by Crippen LogP contribution is 2.37. The van der Waals surface area contributed by atoms with Crippen LogP contribution in [0.3, 0.4) is 0 Å². The number of halogens is 3. The van der Waals surface area contributed by atoms with E-state index in [-0.39, 0.29) is 30.5 Å². The fraction of sp³-hybridized carbons (Fsp3) is 0.321. The number of aliphatic hydroxyl groups excluding tert-OH is 1. The van der Waals surface area contributed by atoms with Crippen LogP contribution in [0.4, 0.5) is 10.1 Å². The second kappa shape index (κ2) is 11.6. The van der Waals surface area contributed by atoms with Crippen molar-refractivity contribution < 1.29 is 27.4 Å². The molecule has 3 aromatic rings. The Morgan fingerprint density at radius 3 is 2.10 bits per heavy atom. The Morgan fingerprint density at radius 2 is 1.60 bits per heavy atom. The third kappa shape index (κ3) is 6.27. The maximum atomic E-state index is 14.7. The molecule has 3 aromatic carbocycles. The highest BCUT2D eigenvalue weighted by atomic mass is 35.5. The van der Waals surface area contributed by atoms with Crippen molar-refractivity contribution >= 4 is 44.8 Å². The summed E-state index contributed by atoms with van der Waals surface area (Å²) in [7, 11) is -3.84. The molecule has 0 saturated carbocycles. The smallest absolute Gasteiger partial charge is 0.251 e. The van der Waals surface area contributed by atoms with Gasteiger partial charge >= 0.3 is 0 Å². The number of nitrogens with one attached hydrogen (secondary N) is 1. The van der Waals surface area contributed by atoms with E-state index < -0.39 is 39.9 Å². The molecule has 2 saturated heterocycles. The van der Waals surface area contributed by atoms with Gasteiger partial charge in [-0.2, -0.15) is 0 Å². The zero-order valence-corrected chi connectivity index (χ0v) is 23.8. The summed E-state index contributed by atoms with van der Waals surface area (Å²) in [6.07, 6.45) is 0.183. The number of likely N-dealkylation sites (tertiary alicyclic amines) is 1. The lowest BCUT2D eigenvalue weighted by Gasteiger charge is -2.48. The van der Waals surface area contributed by atoms with Crippen LogP contribution in [0.15, 0.2) is 66.7 Å². The fourth-order valence-corrected chi connectivity index (χ4v) is 6.60. The standard InChI is InChI=1S/C28H28Cl2FN3O5S/c1-40(37,38)34(23-11-19(10-22(31)12-23)28(36)32-25-15-39-16-26(25)35)24-13-33(14-24)27(17-2-6-20(29)7-3-17)18-4-8-21(30)9-5-18/h2-12,24-27,35H,13-16H2,1H3,(H,32,36). The topological polar surface area (TPSA) is 99.2 Å². The summed E-state index contributed by atoms with van der Waals surface area (Å²) in [6.45, 7) is 0.927. The number of ether oxygens (including phenoxy) is 1. The van der Waals surface area contributed by atoms with Gasteiger partial charge in [0, 0.05) is 28.7 Å². The monoisotopic (exact) mass is 607 g/mol. The van der Waals surface area contributed by atoms with E-state index >= 15 is 0 Å². The van der Waals surface area contributed by atoms with Gasteiger partial charge < -0.3 is 15.2 Å². The van der Waals surface area contributed by atoms with Crippen molar-refractivity contribution in [1.82, 2.24) is 10.2 Å². The molecule has 40 heavy (non-hydrogen) atoms. The maximum Gasteiger partial charge on any atom is 0.251 e. The molecule has 2 atom stereocenters. The van der Waals surface area contributed by atoms with E-state index in [4.69, 9.17) is 27.9 Å². The van der Waals surface area contributed by atoms with Crippen LogP contribution in [0.5, 0.6) is 0 Å². The first kappa shape index (κ1) is 28.8. The van der Waals surface area contributed by atoms with Gasteiger partial charge in [-0.15, -0.1) is 0 Å². The van der Waals surface area contributed by atoms with E-state index in [2.05, 4.69) is 10.2 Å². The van der Waals surface area contributed by atoms with Crippen LogP contribution in [0.25, 0.3) is 0 Å². The highest BCUT2D eigenvalue weighted by Gasteiger charge is 2.41. The summed E-state index contributed by atoms with van der Waals surface area (Å²) in [4.78, 5) is 15.0. The van der Waals surface area contributed by atoms with Crippen LogP contribution in [0.2, 0.25) is 10.0 Å². The molecule has 0 aliphatic carbocycles. The Hall–Kier alpha value is -2.73. The van der Waals surface area contributed by atoms with Crippen LogP contribution in [-0.4, -0.2) is 75.1 Å². The SMILES string of the molecule is CS(=O)(=O)N(c1cc(F)cc(C(=O)NC2COCC2O)c1)C1CN(C(c2ccc(Cl)cc2)c2ccc(Cl)cc2)C1. The maximum absolute atomic E-state index is 14.7. The second-order valence-corrected chi connectivity index (χ2v) is 12.8. The molecule has 8 nitrogen and oxygen atoms in total. The van der Waals surface area contributed by atoms with E-state index in [1.54, 1.807) is 24.3 Å². The molecule has 1 amide bonds. The van der Waals surface area contributed by atoms with Crippen molar-refractivity contribution in [1.29, 1.82) is 0 Å². The van der Waals surface area contributed by atoms with Crippen molar-refractivity contribution in [3.63, 3.8) is 0 Å². The molecule has 212 valence electrons. The third-order valence-corrected chi connectivity index (χ3v) is 8.81. The largest absolute Gasteiger partial charge is 0.388 e. The Balaban J connectivity index is 1.40. The Morgan fingerprint density at radius 1 is 1.02 bits per heavy atom.